The molecule has 5 N–H and O–H groups in total. The molecule has 12 nitrogen and oxygen atoms in total. The fourth-order valence-corrected chi connectivity index (χ4v) is 8.50. The Morgan fingerprint density at radius 2 is 1.78 bits per heavy atom. The molecule has 1 saturated heterocycles. The molecule has 0 unspecified atom stereocenters. The summed E-state index contributed by atoms with van der Waals surface area (Å²) in [7, 11) is -0.567. The monoisotopic (exact) mass is 632 g/mol. The number of carbonyl (C=O) groups is 2. The van der Waals surface area contributed by atoms with Crippen molar-refractivity contribution in [3.63, 3.8) is 0 Å². The van der Waals surface area contributed by atoms with E-state index >= 15 is 0 Å². The van der Waals surface area contributed by atoms with E-state index in [1.807, 2.05) is 5.43 Å². The van der Waals surface area contributed by atoms with Gasteiger partial charge in [-0.1, -0.05) is 53.9 Å². The minimum absolute atomic E-state index is 0.000611. The van der Waals surface area contributed by atoms with Crippen LogP contribution >= 0.6 is 0 Å². The lowest BCUT2D eigenvalue weighted by Gasteiger charge is -2.64. The number of nitrogens with one attached hydrogen (secondary N) is 3. The number of rotatable bonds is 12. The molecule has 0 spiro atoms. The maximum absolute atomic E-state index is 13.9. The number of nitro groups is 1. The van der Waals surface area contributed by atoms with Crippen molar-refractivity contribution in [2.75, 3.05) is 6.54 Å². The Bertz CT molecular complexity index is 1120. The molecule has 4 saturated carbocycles. The molecular formula is C32H57BN6O6. The van der Waals surface area contributed by atoms with Crippen LogP contribution in [0.15, 0.2) is 4.99 Å². The average Bonchev–Trinajstić information content (AvgIpc) is 3.30. The van der Waals surface area contributed by atoms with E-state index in [1.165, 1.54) is 0 Å². The summed E-state index contributed by atoms with van der Waals surface area (Å²) in [5, 5.41) is 16.1. The van der Waals surface area contributed by atoms with Gasteiger partial charge in [0.15, 0.2) is 5.03 Å². The minimum atomic E-state index is -0.793. The van der Waals surface area contributed by atoms with Gasteiger partial charge in [-0.15, -0.1) is 0 Å². The Hall–Kier alpha value is -2.41. The first kappa shape index (κ1) is 35.4. The third-order valence-electron chi connectivity index (χ3n) is 11.4. The molecule has 1 aliphatic heterocycles. The molecular weight excluding hydrogens is 575 g/mol. The lowest BCUT2D eigenvalue weighted by molar-refractivity contribution is -0.525. The third-order valence-corrected chi connectivity index (χ3v) is 11.4. The number of hydrogen-bond donors (Lipinski definition) is 4. The minimum Gasteiger partial charge on any atom is -0.404 e. The molecule has 1 heterocycles. The van der Waals surface area contributed by atoms with Crippen LogP contribution in [0.25, 0.3) is 0 Å². The largest absolute Gasteiger partial charge is 0.481 e. The average molecular weight is 633 g/mol. The highest BCUT2D eigenvalue weighted by Gasteiger charge is 2.68. The topological polar surface area (TPSA) is 170 Å². The third kappa shape index (κ3) is 8.12. The van der Waals surface area contributed by atoms with Crippen molar-refractivity contribution >= 4 is 24.9 Å². The Balaban J connectivity index is 1.44. The van der Waals surface area contributed by atoms with Gasteiger partial charge < -0.3 is 25.7 Å². The van der Waals surface area contributed by atoms with E-state index in [-0.39, 0.29) is 59.0 Å². The van der Waals surface area contributed by atoms with Gasteiger partial charge >= 0.3 is 7.12 Å². The highest BCUT2D eigenvalue weighted by molar-refractivity contribution is 6.48. The van der Waals surface area contributed by atoms with Crippen LogP contribution in [0, 0.1) is 50.5 Å². The van der Waals surface area contributed by atoms with Crippen molar-refractivity contribution in [1.82, 2.24) is 16.1 Å². The number of hydrazine groups is 1. The van der Waals surface area contributed by atoms with Gasteiger partial charge in [0.1, 0.15) is 6.04 Å². The SMILES string of the molecule is CC(C)C[C@H](NC(=O)[C@H](CCCN=C(N)N[N+](=O)[O-])NC(=O)C1CCC(C(C)(C)C)CC1)B1O[C@@H]2C[C@@H]3C[C@@H](C3(C)C)[C@]2(C)O1. The second-order valence-corrected chi connectivity index (χ2v) is 16.3. The van der Waals surface area contributed by atoms with Crippen LogP contribution in [0.3, 0.4) is 0 Å². The smallest absolute Gasteiger partial charge is 0.404 e. The summed E-state index contributed by atoms with van der Waals surface area (Å²) in [4.78, 5) is 42.1. The molecule has 5 aliphatic rings. The zero-order valence-electron chi connectivity index (χ0n) is 28.7. The van der Waals surface area contributed by atoms with E-state index < -0.39 is 23.8 Å². The molecule has 0 radical (unpaired) electrons. The van der Waals surface area contributed by atoms with Crippen molar-refractivity contribution in [1.29, 1.82) is 0 Å². The van der Waals surface area contributed by atoms with Crippen molar-refractivity contribution < 1.29 is 23.9 Å². The van der Waals surface area contributed by atoms with Gasteiger partial charge in [0.2, 0.25) is 11.8 Å². The summed E-state index contributed by atoms with van der Waals surface area (Å²) in [5.41, 5.74) is 7.42. The van der Waals surface area contributed by atoms with E-state index in [0.29, 0.717) is 37.0 Å². The number of hydrogen-bond acceptors (Lipinski definition) is 7. The van der Waals surface area contributed by atoms with E-state index in [9.17, 15) is 19.7 Å². The molecule has 0 aromatic heterocycles. The van der Waals surface area contributed by atoms with E-state index in [2.05, 4.69) is 71.0 Å². The summed E-state index contributed by atoms with van der Waals surface area (Å²) >= 11 is 0. The molecule has 6 atom stereocenters. The van der Waals surface area contributed by atoms with Gasteiger partial charge in [-0.25, -0.2) is 15.1 Å². The Morgan fingerprint density at radius 1 is 1.11 bits per heavy atom. The zero-order chi connectivity index (χ0) is 33.3. The van der Waals surface area contributed by atoms with E-state index in [4.69, 9.17) is 15.0 Å². The number of carbonyl (C=O) groups excluding carboxylic acids is 2. The van der Waals surface area contributed by atoms with E-state index in [0.717, 1.165) is 38.5 Å². The molecule has 4 aliphatic carbocycles. The predicted octanol–water partition coefficient (Wildman–Crippen LogP) is 4.00. The number of nitrogens with two attached hydrogens (primary N) is 1. The number of guanidine groups is 1. The molecule has 45 heavy (non-hydrogen) atoms. The van der Waals surface area contributed by atoms with Crippen molar-refractivity contribution in [3.05, 3.63) is 10.1 Å². The van der Waals surface area contributed by atoms with Gasteiger partial charge in [0, 0.05) is 12.5 Å². The second-order valence-electron chi connectivity index (χ2n) is 16.3. The normalized spacial score (nSPS) is 32.2. The Labute approximate surface area is 269 Å². The van der Waals surface area contributed by atoms with Crippen molar-refractivity contribution in [2.45, 2.75) is 137 Å². The quantitative estimate of drug-likeness (QED) is 0.0625. The molecule has 2 amide bonds. The van der Waals surface area contributed by atoms with Crippen LogP contribution in [0.4, 0.5) is 0 Å². The molecule has 2 bridgehead atoms. The van der Waals surface area contributed by atoms with Crippen LogP contribution in [0.1, 0.15) is 113 Å². The van der Waals surface area contributed by atoms with Crippen molar-refractivity contribution in [3.8, 4) is 0 Å². The first-order valence-corrected chi connectivity index (χ1v) is 17.1. The first-order chi connectivity index (χ1) is 20.9. The van der Waals surface area contributed by atoms with Crippen LogP contribution in [-0.4, -0.2) is 60.2 Å². The number of nitrogens with zero attached hydrogens (tertiary/aromatic N) is 2. The molecule has 5 rings (SSSR count). The van der Waals surface area contributed by atoms with E-state index in [1.54, 1.807) is 0 Å². The molecule has 5 fully saturated rings. The first-order valence-electron chi connectivity index (χ1n) is 17.1. The van der Waals surface area contributed by atoms with Gasteiger partial charge in [-0.2, -0.15) is 0 Å². The molecule has 0 aromatic carbocycles. The summed E-state index contributed by atoms with van der Waals surface area (Å²) in [5.74, 6) is 0.683. The molecule has 254 valence electrons. The fourth-order valence-electron chi connectivity index (χ4n) is 8.50. The highest BCUT2D eigenvalue weighted by atomic mass is 16.7. The summed E-state index contributed by atoms with van der Waals surface area (Å²) in [6.07, 6.45) is 7.06. The van der Waals surface area contributed by atoms with Gasteiger partial charge in [0.05, 0.1) is 17.6 Å². The number of aliphatic imine (C=N–C) groups is 1. The van der Waals surface area contributed by atoms with Crippen LogP contribution < -0.4 is 21.8 Å². The number of amides is 2. The summed E-state index contributed by atoms with van der Waals surface area (Å²) in [6, 6.07) is -0.793. The highest BCUT2D eigenvalue weighted by Crippen LogP contribution is 2.65. The molecule has 0 aromatic rings. The maximum atomic E-state index is 13.9. The van der Waals surface area contributed by atoms with Gasteiger partial charge in [0.25, 0.3) is 5.96 Å². The summed E-state index contributed by atoms with van der Waals surface area (Å²) < 4.78 is 13.3. The molecule has 13 heteroatoms. The van der Waals surface area contributed by atoms with Gasteiger partial charge in [-0.05, 0) is 99.2 Å². The standard InChI is InChI=1S/C32H57BN6O6/c1-19(2)16-26(33-44-25-18-22-17-24(31(22,6)7)32(25,8)45-33)37-28(41)23(10-9-15-35-29(34)38-39(42)43)36-27(40)20-11-13-21(14-12-20)30(3,4)5/h19-26H,9-18H2,1-8H3,(H,36,40)(H,37,41)(H3,34,35,38)/t20?,21?,22-,23-,24-,25+,26-,32-/m0/s1. The summed E-state index contributed by atoms with van der Waals surface area (Å²) in [6.45, 7) is 18.0. The fraction of sp³-hybridized carbons (Fsp3) is 0.906. The second kappa shape index (κ2) is 13.8. The maximum Gasteiger partial charge on any atom is 0.481 e. The predicted molar refractivity (Wildman–Crippen MR) is 174 cm³/mol. The van der Waals surface area contributed by atoms with Crippen LogP contribution in [0.2, 0.25) is 0 Å². The Morgan fingerprint density at radius 3 is 2.36 bits per heavy atom. The Kier molecular flexibility index (Phi) is 10.8. The lowest BCUT2D eigenvalue weighted by Crippen LogP contribution is -2.65. The zero-order valence-corrected chi connectivity index (χ0v) is 28.7. The van der Waals surface area contributed by atoms with Crippen molar-refractivity contribution in [2.24, 2.45) is 51.1 Å². The van der Waals surface area contributed by atoms with Crippen LogP contribution in [-0.2, 0) is 18.9 Å². The van der Waals surface area contributed by atoms with Crippen LogP contribution in [0.5, 0.6) is 0 Å². The van der Waals surface area contributed by atoms with Gasteiger partial charge in [-0.3, -0.25) is 9.59 Å². The lowest BCUT2D eigenvalue weighted by atomic mass is 9.43.